The maximum Gasteiger partial charge on any atom is 0.119 e. The maximum atomic E-state index is 5.40. The van der Waals surface area contributed by atoms with Gasteiger partial charge in [0.1, 0.15) is 5.75 Å². The van der Waals surface area contributed by atoms with E-state index in [1.807, 2.05) is 19.1 Å². The summed E-state index contributed by atoms with van der Waals surface area (Å²) in [5.74, 6) is 0.938. The van der Waals surface area contributed by atoms with Gasteiger partial charge in [-0.2, -0.15) is 0 Å². The van der Waals surface area contributed by atoms with E-state index in [1.165, 1.54) is 13.3 Å². The highest BCUT2D eigenvalue weighted by Crippen LogP contribution is 2.29. The molecule has 0 bridgehead atoms. The quantitative estimate of drug-likeness (QED) is 0.757. The van der Waals surface area contributed by atoms with Crippen molar-refractivity contribution in [3.63, 3.8) is 0 Å². The number of halogens is 1. The third-order valence-corrected chi connectivity index (χ3v) is 3.97. The predicted octanol–water partition coefficient (Wildman–Crippen LogP) is 4.42. The third-order valence-electron chi connectivity index (χ3n) is 2.02. The Balaban J connectivity index is 2.23. The summed E-state index contributed by atoms with van der Waals surface area (Å²) in [7, 11) is 0. The van der Waals surface area contributed by atoms with Crippen LogP contribution in [0.5, 0.6) is 5.75 Å². The van der Waals surface area contributed by atoms with Crippen molar-refractivity contribution in [2.45, 2.75) is 6.92 Å². The van der Waals surface area contributed by atoms with Gasteiger partial charge in [-0.1, -0.05) is 0 Å². The molecule has 0 atom stereocenters. The van der Waals surface area contributed by atoms with E-state index < -0.39 is 0 Å². The zero-order valence-electron chi connectivity index (χ0n) is 8.37. The summed E-state index contributed by atoms with van der Waals surface area (Å²) in [6.45, 7) is 2.71. The molecule has 78 valence electrons. The molecular formula is C12H11IOS. The van der Waals surface area contributed by atoms with Gasteiger partial charge < -0.3 is 4.74 Å². The zero-order chi connectivity index (χ0) is 10.7. The lowest BCUT2D eigenvalue weighted by Crippen LogP contribution is -1.90. The molecule has 0 amide bonds. The SMILES string of the molecule is CCOc1ccc(-c2ccc(I)s2)cc1. The summed E-state index contributed by atoms with van der Waals surface area (Å²) in [5.41, 5.74) is 1.26. The monoisotopic (exact) mass is 330 g/mol. The average Bonchev–Trinajstić information content (AvgIpc) is 2.67. The van der Waals surface area contributed by atoms with Gasteiger partial charge in [-0.05, 0) is 71.5 Å². The van der Waals surface area contributed by atoms with Gasteiger partial charge in [0.15, 0.2) is 0 Å². The van der Waals surface area contributed by atoms with Gasteiger partial charge >= 0.3 is 0 Å². The van der Waals surface area contributed by atoms with Gasteiger partial charge in [0, 0.05) is 4.88 Å². The van der Waals surface area contributed by atoms with E-state index in [9.17, 15) is 0 Å². The molecule has 1 nitrogen and oxygen atoms in total. The van der Waals surface area contributed by atoms with Crippen molar-refractivity contribution in [1.29, 1.82) is 0 Å². The van der Waals surface area contributed by atoms with Crippen LogP contribution in [-0.4, -0.2) is 6.61 Å². The van der Waals surface area contributed by atoms with E-state index in [-0.39, 0.29) is 0 Å². The van der Waals surface area contributed by atoms with E-state index >= 15 is 0 Å². The van der Waals surface area contributed by atoms with Crippen LogP contribution < -0.4 is 4.74 Å². The Morgan fingerprint density at radius 3 is 2.40 bits per heavy atom. The minimum Gasteiger partial charge on any atom is -0.494 e. The van der Waals surface area contributed by atoms with Crippen molar-refractivity contribution >= 4 is 33.9 Å². The Labute approximate surface area is 107 Å². The second-order valence-electron chi connectivity index (χ2n) is 3.06. The predicted molar refractivity (Wildman–Crippen MR) is 73.6 cm³/mol. The smallest absolute Gasteiger partial charge is 0.119 e. The molecule has 2 rings (SSSR count). The van der Waals surface area contributed by atoms with Crippen LogP contribution in [0.3, 0.4) is 0 Å². The lowest BCUT2D eigenvalue weighted by Gasteiger charge is -2.03. The molecule has 0 N–H and O–H groups in total. The molecular weight excluding hydrogens is 319 g/mol. The van der Waals surface area contributed by atoms with Crippen molar-refractivity contribution in [3.8, 4) is 16.2 Å². The highest BCUT2D eigenvalue weighted by Gasteiger charge is 2.01. The van der Waals surface area contributed by atoms with Crippen molar-refractivity contribution in [1.82, 2.24) is 0 Å². The highest BCUT2D eigenvalue weighted by atomic mass is 127. The standard InChI is InChI=1S/C12H11IOS/c1-2-14-10-5-3-9(4-6-10)11-7-8-12(13)15-11/h3-8H,2H2,1H3. The first-order chi connectivity index (χ1) is 7.29. The molecule has 0 radical (unpaired) electrons. The summed E-state index contributed by atoms with van der Waals surface area (Å²) in [4.78, 5) is 1.31. The molecule has 0 saturated heterocycles. The van der Waals surface area contributed by atoms with Crippen molar-refractivity contribution in [2.75, 3.05) is 6.61 Å². The van der Waals surface area contributed by atoms with Gasteiger partial charge in [0.25, 0.3) is 0 Å². The van der Waals surface area contributed by atoms with Crippen molar-refractivity contribution in [3.05, 3.63) is 39.3 Å². The third kappa shape index (κ3) is 2.72. The Morgan fingerprint density at radius 2 is 1.87 bits per heavy atom. The Morgan fingerprint density at radius 1 is 1.13 bits per heavy atom. The molecule has 0 aliphatic heterocycles. The van der Waals surface area contributed by atoms with Gasteiger partial charge in [0.2, 0.25) is 0 Å². The molecule has 0 unspecified atom stereocenters. The Bertz CT molecular complexity index is 433. The number of hydrogen-bond donors (Lipinski definition) is 0. The van der Waals surface area contributed by atoms with Crippen LogP contribution in [0.4, 0.5) is 0 Å². The van der Waals surface area contributed by atoms with Gasteiger partial charge in [-0.3, -0.25) is 0 Å². The van der Waals surface area contributed by atoms with Crippen LogP contribution in [0.25, 0.3) is 10.4 Å². The molecule has 0 aliphatic rings. The highest BCUT2D eigenvalue weighted by molar-refractivity contribution is 14.1. The molecule has 1 aromatic heterocycles. The van der Waals surface area contributed by atoms with Crippen LogP contribution in [0.15, 0.2) is 36.4 Å². The van der Waals surface area contributed by atoms with Crippen LogP contribution >= 0.6 is 33.9 Å². The first-order valence-corrected chi connectivity index (χ1v) is 6.67. The van der Waals surface area contributed by atoms with Crippen molar-refractivity contribution in [2.24, 2.45) is 0 Å². The Kier molecular flexibility index (Phi) is 3.64. The lowest BCUT2D eigenvalue weighted by molar-refractivity contribution is 0.340. The second kappa shape index (κ2) is 4.99. The fourth-order valence-corrected chi connectivity index (χ4v) is 2.98. The van der Waals surface area contributed by atoms with Crippen LogP contribution in [0, 0.1) is 2.88 Å². The molecule has 0 spiro atoms. The average molecular weight is 330 g/mol. The minimum atomic E-state index is 0.718. The summed E-state index contributed by atoms with van der Waals surface area (Å²) in [6.07, 6.45) is 0. The molecule has 0 fully saturated rings. The molecule has 1 heterocycles. The van der Waals surface area contributed by atoms with Crippen LogP contribution in [0.1, 0.15) is 6.92 Å². The number of benzene rings is 1. The number of ether oxygens (including phenoxy) is 1. The van der Waals surface area contributed by atoms with Gasteiger partial charge in [-0.15, -0.1) is 11.3 Å². The molecule has 1 aromatic carbocycles. The van der Waals surface area contributed by atoms with E-state index in [0.717, 1.165) is 12.4 Å². The maximum absolute atomic E-state index is 5.40. The topological polar surface area (TPSA) is 9.23 Å². The fourth-order valence-electron chi connectivity index (χ4n) is 1.35. The lowest BCUT2D eigenvalue weighted by atomic mass is 10.2. The first kappa shape index (κ1) is 11.0. The van der Waals surface area contributed by atoms with Crippen LogP contribution in [-0.2, 0) is 0 Å². The van der Waals surface area contributed by atoms with Crippen molar-refractivity contribution < 1.29 is 4.74 Å². The largest absolute Gasteiger partial charge is 0.494 e. The van der Waals surface area contributed by atoms with E-state index in [2.05, 4.69) is 46.9 Å². The number of rotatable bonds is 3. The molecule has 15 heavy (non-hydrogen) atoms. The molecule has 2 aromatic rings. The number of hydrogen-bond acceptors (Lipinski definition) is 2. The number of thiophene rings is 1. The van der Waals surface area contributed by atoms with E-state index in [1.54, 1.807) is 11.3 Å². The Hall–Kier alpha value is -0.550. The first-order valence-electron chi connectivity index (χ1n) is 4.78. The fraction of sp³-hybridized carbons (Fsp3) is 0.167. The molecule has 3 heteroatoms. The zero-order valence-corrected chi connectivity index (χ0v) is 11.3. The summed E-state index contributed by atoms with van der Waals surface area (Å²) in [6, 6.07) is 12.5. The van der Waals surface area contributed by atoms with Crippen LogP contribution in [0.2, 0.25) is 0 Å². The summed E-state index contributed by atoms with van der Waals surface area (Å²) in [5, 5.41) is 0. The van der Waals surface area contributed by atoms with E-state index in [4.69, 9.17) is 4.74 Å². The minimum absolute atomic E-state index is 0.718. The molecule has 0 saturated carbocycles. The summed E-state index contributed by atoms with van der Waals surface area (Å²) < 4.78 is 6.72. The second-order valence-corrected chi connectivity index (χ2v) is 6.04. The molecule has 0 aliphatic carbocycles. The van der Waals surface area contributed by atoms with Gasteiger partial charge in [-0.25, -0.2) is 0 Å². The van der Waals surface area contributed by atoms with E-state index in [0.29, 0.717) is 0 Å². The normalized spacial score (nSPS) is 10.3. The summed E-state index contributed by atoms with van der Waals surface area (Å²) >= 11 is 4.15. The van der Waals surface area contributed by atoms with Gasteiger partial charge in [0.05, 0.1) is 9.49 Å².